The third-order valence-corrected chi connectivity index (χ3v) is 7.87. The summed E-state index contributed by atoms with van der Waals surface area (Å²) in [5.41, 5.74) is 1.58. The van der Waals surface area contributed by atoms with Crippen LogP contribution in [-0.2, 0) is 12.5 Å². The summed E-state index contributed by atoms with van der Waals surface area (Å²) in [5, 5.41) is 0. The van der Waals surface area contributed by atoms with Crippen LogP contribution in [0.1, 0.15) is 17.6 Å². The molecule has 4 unspecified atom stereocenters. The van der Waals surface area contributed by atoms with Crippen LogP contribution in [0.5, 0.6) is 0 Å². The van der Waals surface area contributed by atoms with Crippen molar-refractivity contribution in [3.05, 3.63) is 56.9 Å². The van der Waals surface area contributed by atoms with Gasteiger partial charge >= 0.3 is 11.4 Å². The van der Waals surface area contributed by atoms with Crippen LogP contribution in [0.15, 0.2) is 39.9 Å². The fourth-order valence-electron chi connectivity index (χ4n) is 7.54. The van der Waals surface area contributed by atoms with Gasteiger partial charge in [-0.2, -0.15) is 0 Å². The molecule has 0 N–H and O–H groups in total. The lowest BCUT2D eigenvalue weighted by Crippen LogP contribution is -2.98. The van der Waals surface area contributed by atoms with Crippen molar-refractivity contribution in [2.24, 2.45) is 36.6 Å². The van der Waals surface area contributed by atoms with Gasteiger partial charge in [0.2, 0.25) is 0 Å². The largest absolute Gasteiger partial charge is 0.347 e. The predicted octanol–water partition coefficient (Wildman–Crippen LogP) is 0.518. The zero-order valence-corrected chi connectivity index (χ0v) is 12.1. The van der Waals surface area contributed by atoms with Crippen molar-refractivity contribution >= 4 is 0 Å². The van der Waals surface area contributed by atoms with Crippen LogP contribution in [0.2, 0.25) is 0 Å². The van der Waals surface area contributed by atoms with Gasteiger partial charge in [-0.05, 0) is 35.2 Å². The molecular weight excluding hydrogens is 278 g/mol. The molecule has 1 aromatic heterocycles. The quantitative estimate of drug-likeness (QED) is 0.769. The maximum atomic E-state index is 12.5. The Morgan fingerprint density at radius 1 is 0.864 bits per heavy atom. The smallest absolute Gasteiger partial charge is 0.246 e. The number of aromatic nitrogens is 3. The fraction of sp³-hybridized carbons (Fsp3) is 0.529. The van der Waals surface area contributed by atoms with E-state index in [1.54, 1.807) is 11.7 Å². The van der Waals surface area contributed by atoms with Gasteiger partial charge in [0.05, 0.1) is 12.1 Å². The van der Waals surface area contributed by atoms with Crippen molar-refractivity contribution in [2.75, 3.05) is 0 Å². The van der Waals surface area contributed by atoms with Crippen LogP contribution < -0.4 is 11.4 Å². The molecular formula is C17H15N3O2. The molecule has 2 aliphatic heterocycles. The van der Waals surface area contributed by atoms with E-state index in [1.807, 2.05) is 4.68 Å². The van der Waals surface area contributed by atoms with Crippen molar-refractivity contribution in [3.8, 4) is 0 Å². The maximum absolute atomic E-state index is 12.5. The first-order valence-electron chi connectivity index (χ1n) is 8.16. The summed E-state index contributed by atoms with van der Waals surface area (Å²) in [6.45, 7) is 0. The molecule has 0 radical (unpaired) electrons. The number of hydrogen-bond acceptors (Lipinski definition) is 2. The Kier molecular flexibility index (Phi) is 1.29. The third-order valence-electron chi connectivity index (χ3n) is 7.87. The Labute approximate surface area is 125 Å². The van der Waals surface area contributed by atoms with E-state index in [4.69, 9.17) is 0 Å². The second-order valence-corrected chi connectivity index (χ2v) is 7.83. The molecule has 8 atom stereocenters. The van der Waals surface area contributed by atoms with Crippen molar-refractivity contribution in [2.45, 2.75) is 17.5 Å². The van der Waals surface area contributed by atoms with Crippen LogP contribution in [0, 0.1) is 29.6 Å². The molecule has 0 amide bonds. The standard InChI is InChI=1S/C17H15N3O2/c1-18-15(21)19-13-8-10-9(13)12-14(20(19)16(18)22)11(8)17(10,12)7-5-3-2-4-6-7/h2-6,8-14H,1H3/t8-,9-,10?,11-,12+,13?,14?,17?/m1/s1. The minimum Gasteiger partial charge on any atom is -0.246 e. The van der Waals surface area contributed by atoms with Gasteiger partial charge in [-0.1, -0.05) is 30.3 Å². The van der Waals surface area contributed by atoms with Gasteiger partial charge < -0.3 is 0 Å². The highest BCUT2D eigenvalue weighted by Gasteiger charge is 2.97. The Hall–Kier alpha value is -2.04. The number of benzene rings is 1. The van der Waals surface area contributed by atoms with Crippen LogP contribution in [0.4, 0.5) is 0 Å². The summed E-state index contributed by atoms with van der Waals surface area (Å²) in [5.74, 6) is 3.21. The molecule has 3 heterocycles. The molecule has 6 aliphatic rings. The number of rotatable bonds is 1. The number of hydrogen-bond donors (Lipinski definition) is 0. The first-order chi connectivity index (χ1) is 10.7. The molecule has 2 aromatic rings. The second-order valence-electron chi connectivity index (χ2n) is 7.83. The first kappa shape index (κ1) is 10.6. The second kappa shape index (κ2) is 2.66. The Bertz CT molecular complexity index is 977. The van der Waals surface area contributed by atoms with E-state index in [2.05, 4.69) is 30.3 Å². The predicted molar refractivity (Wildman–Crippen MR) is 77.6 cm³/mol. The zero-order chi connectivity index (χ0) is 14.5. The summed E-state index contributed by atoms with van der Waals surface area (Å²) in [6.07, 6.45) is 0. The molecule has 5 nitrogen and oxygen atoms in total. The Balaban J connectivity index is 1.49. The highest BCUT2D eigenvalue weighted by atomic mass is 16.2. The van der Waals surface area contributed by atoms with E-state index in [1.165, 1.54) is 10.1 Å². The number of nitrogens with zero attached hydrogens (tertiary/aromatic N) is 3. The SMILES string of the molecule is Cn1c(=O)n2n(c1=O)C1[C@@H]3[C@@H]4C2[C@@H]2C4C3(c3ccccc3)[C@@H]12. The summed E-state index contributed by atoms with van der Waals surface area (Å²) in [4.78, 5) is 24.8. The lowest BCUT2D eigenvalue weighted by molar-refractivity contribution is -0.470. The molecule has 0 spiro atoms. The van der Waals surface area contributed by atoms with E-state index >= 15 is 0 Å². The van der Waals surface area contributed by atoms with Gasteiger partial charge in [0, 0.05) is 12.5 Å². The van der Waals surface area contributed by atoms with Crippen molar-refractivity contribution in [1.82, 2.24) is 13.9 Å². The Morgan fingerprint density at radius 3 is 2.09 bits per heavy atom. The average Bonchev–Trinajstić information content (AvgIpc) is 2.73. The van der Waals surface area contributed by atoms with E-state index < -0.39 is 0 Å². The molecule has 2 bridgehead atoms. The normalized spacial score (nSPS) is 50.1. The van der Waals surface area contributed by atoms with Crippen LogP contribution in [0.25, 0.3) is 0 Å². The van der Waals surface area contributed by atoms with Gasteiger partial charge in [-0.25, -0.2) is 23.5 Å². The van der Waals surface area contributed by atoms with Gasteiger partial charge in [0.25, 0.3) is 0 Å². The summed E-state index contributed by atoms with van der Waals surface area (Å²) in [6, 6.07) is 11.4. The van der Waals surface area contributed by atoms with Gasteiger partial charge in [-0.15, -0.1) is 0 Å². The minimum absolute atomic E-state index is 0.112. The zero-order valence-electron chi connectivity index (χ0n) is 12.1. The van der Waals surface area contributed by atoms with Crippen molar-refractivity contribution in [3.63, 3.8) is 0 Å². The van der Waals surface area contributed by atoms with Gasteiger partial charge in [0.1, 0.15) is 0 Å². The molecule has 22 heavy (non-hydrogen) atoms. The van der Waals surface area contributed by atoms with E-state index in [9.17, 15) is 9.59 Å². The van der Waals surface area contributed by atoms with E-state index in [0.29, 0.717) is 35.1 Å². The first-order valence-corrected chi connectivity index (χ1v) is 8.16. The maximum Gasteiger partial charge on any atom is 0.347 e. The van der Waals surface area contributed by atoms with Crippen molar-refractivity contribution in [1.29, 1.82) is 0 Å². The van der Waals surface area contributed by atoms with Crippen LogP contribution in [-0.4, -0.2) is 13.9 Å². The van der Waals surface area contributed by atoms with E-state index in [0.717, 1.165) is 5.92 Å². The molecule has 4 aliphatic carbocycles. The third kappa shape index (κ3) is 0.638. The fourth-order valence-corrected chi connectivity index (χ4v) is 7.54. The lowest BCUT2D eigenvalue weighted by Gasteiger charge is -2.97. The summed E-state index contributed by atoms with van der Waals surface area (Å²) < 4.78 is 4.91. The molecule has 5 heteroatoms. The van der Waals surface area contributed by atoms with Gasteiger partial charge in [0.15, 0.2) is 0 Å². The van der Waals surface area contributed by atoms with Gasteiger partial charge in [-0.3, -0.25) is 0 Å². The minimum atomic E-state index is -0.117. The molecule has 4 fully saturated rings. The average molecular weight is 293 g/mol. The molecule has 1 aromatic carbocycles. The Morgan fingerprint density at radius 2 is 1.45 bits per heavy atom. The summed E-state index contributed by atoms with van der Waals surface area (Å²) >= 11 is 0. The highest BCUT2D eigenvalue weighted by molar-refractivity contribution is 5.54. The molecule has 0 saturated heterocycles. The van der Waals surface area contributed by atoms with Crippen LogP contribution >= 0.6 is 0 Å². The highest BCUT2D eigenvalue weighted by Crippen LogP contribution is 2.97. The van der Waals surface area contributed by atoms with E-state index in [-0.39, 0.29) is 17.4 Å². The topological polar surface area (TPSA) is 48.9 Å². The monoisotopic (exact) mass is 293 g/mol. The van der Waals surface area contributed by atoms with Crippen LogP contribution in [0.3, 0.4) is 0 Å². The van der Waals surface area contributed by atoms with Crippen molar-refractivity contribution < 1.29 is 0 Å². The summed E-state index contributed by atoms with van der Waals surface area (Å²) in [7, 11) is 1.61. The molecule has 4 saturated carbocycles. The molecule has 8 rings (SSSR count). The lowest BCUT2D eigenvalue weighted by atomic mass is 9.09. The molecule has 110 valence electrons.